The van der Waals surface area contributed by atoms with Gasteiger partial charge in [0.1, 0.15) is 18.1 Å². The van der Waals surface area contributed by atoms with Crippen molar-refractivity contribution < 1.29 is 22.4 Å². The van der Waals surface area contributed by atoms with Crippen LogP contribution in [0.3, 0.4) is 0 Å². The highest BCUT2D eigenvalue weighted by molar-refractivity contribution is 7.89. The van der Waals surface area contributed by atoms with Crippen LogP contribution in [0.5, 0.6) is 0 Å². The number of rotatable bonds is 8. The van der Waals surface area contributed by atoms with Crippen molar-refractivity contribution in [2.45, 2.75) is 24.8 Å². The Balaban J connectivity index is 1.49. The standard InChI is InChI=1S/C20H19ClN2O5S/c1-14-18(23-20(28-14)15-5-3-2-4-6-15)13-27-19(24)11-12-22-29(25,26)17-9-7-16(21)8-10-17/h2-10,22H,11-13H2,1H3. The Kier molecular flexibility index (Phi) is 6.68. The molecule has 1 heterocycles. The van der Waals surface area contributed by atoms with E-state index in [0.717, 1.165) is 5.56 Å². The highest BCUT2D eigenvalue weighted by Crippen LogP contribution is 2.21. The van der Waals surface area contributed by atoms with Gasteiger partial charge in [0, 0.05) is 17.1 Å². The van der Waals surface area contributed by atoms with E-state index in [0.29, 0.717) is 22.4 Å². The van der Waals surface area contributed by atoms with Crippen LogP contribution in [0.1, 0.15) is 17.9 Å². The van der Waals surface area contributed by atoms with Crippen molar-refractivity contribution in [3.05, 3.63) is 71.1 Å². The summed E-state index contributed by atoms with van der Waals surface area (Å²) >= 11 is 5.75. The van der Waals surface area contributed by atoms with Crippen molar-refractivity contribution in [3.63, 3.8) is 0 Å². The number of esters is 1. The summed E-state index contributed by atoms with van der Waals surface area (Å²) in [6.45, 7) is 1.60. The molecule has 29 heavy (non-hydrogen) atoms. The van der Waals surface area contributed by atoms with Crippen LogP contribution in [0.25, 0.3) is 11.5 Å². The van der Waals surface area contributed by atoms with E-state index in [4.69, 9.17) is 20.8 Å². The Bertz CT molecular complexity index is 1080. The lowest BCUT2D eigenvalue weighted by Crippen LogP contribution is -2.26. The molecule has 0 spiro atoms. The number of aryl methyl sites for hydroxylation is 1. The first-order chi connectivity index (χ1) is 13.8. The van der Waals surface area contributed by atoms with Gasteiger partial charge in [0.15, 0.2) is 0 Å². The van der Waals surface area contributed by atoms with Crippen molar-refractivity contribution in [2.24, 2.45) is 0 Å². The van der Waals surface area contributed by atoms with E-state index in [1.54, 1.807) is 6.92 Å². The first kappa shape index (κ1) is 21.0. The third kappa shape index (κ3) is 5.66. The maximum Gasteiger partial charge on any atom is 0.307 e. The lowest BCUT2D eigenvalue weighted by molar-refractivity contribution is -0.144. The number of carbonyl (C=O) groups is 1. The Morgan fingerprint density at radius 1 is 1.14 bits per heavy atom. The quantitative estimate of drug-likeness (QED) is 0.542. The molecule has 0 saturated carbocycles. The summed E-state index contributed by atoms with van der Waals surface area (Å²) in [4.78, 5) is 16.4. The molecule has 0 aliphatic heterocycles. The summed E-state index contributed by atoms with van der Waals surface area (Å²) in [6, 6.07) is 15.1. The molecule has 9 heteroatoms. The molecule has 0 amide bonds. The molecule has 7 nitrogen and oxygen atoms in total. The Morgan fingerprint density at radius 2 is 1.83 bits per heavy atom. The van der Waals surface area contributed by atoms with Crippen LogP contribution in [-0.2, 0) is 26.2 Å². The van der Waals surface area contributed by atoms with Gasteiger partial charge in [-0.15, -0.1) is 0 Å². The highest BCUT2D eigenvalue weighted by Gasteiger charge is 2.16. The predicted molar refractivity (Wildman–Crippen MR) is 108 cm³/mol. The van der Waals surface area contributed by atoms with Gasteiger partial charge in [0.25, 0.3) is 0 Å². The van der Waals surface area contributed by atoms with E-state index < -0.39 is 16.0 Å². The van der Waals surface area contributed by atoms with E-state index >= 15 is 0 Å². The smallest absolute Gasteiger partial charge is 0.307 e. The minimum absolute atomic E-state index is 0.0507. The van der Waals surface area contributed by atoms with Crippen molar-refractivity contribution in [3.8, 4) is 11.5 Å². The Labute approximate surface area is 173 Å². The molecule has 0 atom stereocenters. The maximum atomic E-state index is 12.2. The number of benzene rings is 2. The van der Waals surface area contributed by atoms with Gasteiger partial charge in [-0.3, -0.25) is 4.79 Å². The first-order valence-electron chi connectivity index (χ1n) is 8.78. The third-order valence-corrected chi connectivity index (χ3v) is 5.76. The summed E-state index contributed by atoms with van der Waals surface area (Å²) in [7, 11) is -3.72. The van der Waals surface area contributed by atoms with Crippen molar-refractivity contribution >= 4 is 27.6 Å². The van der Waals surface area contributed by atoms with Crippen molar-refractivity contribution in [1.82, 2.24) is 9.71 Å². The second-order valence-electron chi connectivity index (χ2n) is 6.15. The topological polar surface area (TPSA) is 98.5 Å². The number of sulfonamides is 1. The maximum absolute atomic E-state index is 12.2. The summed E-state index contributed by atoms with van der Waals surface area (Å²) in [6.07, 6.45) is -0.116. The summed E-state index contributed by atoms with van der Waals surface area (Å²) in [5, 5.41) is 0.436. The predicted octanol–water partition coefficient (Wildman–Crippen LogP) is 3.72. The molecule has 152 valence electrons. The van der Waals surface area contributed by atoms with Crippen molar-refractivity contribution in [1.29, 1.82) is 0 Å². The molecule has 3 aromatic rings. The minimum atomic E-state index is -3.72. The fraction of sp³-hybridized carbons (Fsp3) is 0.200. The fourth-order valence-corrected chi connectivity index (χ4v) is 3.63. The van der Waals surface area contributed by atoms with Crippen molar-refractivity contribution in [2.75, 3.05) is 6.54 Å². The average Bonchev–Trinajstić information content (AvgIpc) is 3.08. The lowest BCUT2D eigenvalue weighted by atomic mass is 10.2. The molecular formula is C20H19ClN2O5S. The zero-order valence-corrected chi connectivity index (χ0v) is 17.2. The molecule has 0 unspecified atom stereocenters. The summed E-state index contributed by atoms with van der Waals surface area (Å²) < 4.78 is 37.5. The normalized spacial score (nSPS) is 11.4. The molecule has 0 saturated heterocycles. The largest absolute Gasteiger partial charge is 0.459 e. The Hall–Kier alpha value is -2.68. The number of nitrogens with one attached hydrogen (secondary N) is 1. The number of hydrogen-bond donors (Lipinski definition) is 1. The number of aromatic nitrogens is 1. The lowest BCUT2D eigenvalue weighted by Gasteiger charge is -2.07. The second-order valence-corrected chi connectivity index (χ2v) is 8.35. The minimum Gasteiger partial charge on any atom is -0.459 e. The van der Waals surface area contributed by atoms with Crippen LogP contribution in [0.4, 0.5) is 0 Å². The molecule has 2 aromatic carbocycles. The summed E-state index contributed by atoms with van der Waals surface area (Å²) in [5.74, 6) is 0.456. The zero-order chi connectivity index (χ0) is 20.9. The van der Waals surface area contributed by atoms with Crippen LogP contribution < -0.4 is 4.72 Å². The van der Waals surface area contributed by atoms with Gasteiger partial charge in [-0.05, 0) is 43.3 Å². The van der Waals surface area contributed by atoms with Gasteiger partial charge in [0.05, 0.1) is 11.3 Å². The molecule has 0 radical (unpaired) electrons. The van der Waals surface area contributed by atoms with Gasteiger partial charge >= 0.3 is 5.97 Å². The van der Waals surface area contributed by atoms with Gasteiger partial charge in [-0.1, -0.05) is 29.8 Å². The SMILES string of the molecule is Cc1oc(-c2ccccc2)nc1COC(=O)CCNS(=O)(=O)c1ccc(Cl)cc1. The number of hydrogen-bond acceptors (Lipinski definition) is 6. The molecule has 3 rings (SSSR count). The molecule has 1 N–H and O–H groups in total. The highest BCUT2D eigenvalue weighted by atomic mass is 35.5. The van der Waals surface area contributed by atoms with E-state index in [-0.39, 0.29) is 24.5 Å². The van der Waals surface area contributed by atoms with Crippen LogP contribution in [-0.4, -0.2) is 25.9 Å². The molecule has 1 aromatic heterocycles. The molecule has 0 aliphatic rings. The Morgan fingerprint density at radius 3 is 2.52 bits per heavy atom. The monoisotopic (exact) mass is 434 g/mol. The van der Waals surface area contributed by atoms with Crippen LogP contribution in [0.15, 0.2) is 63.9 Å². The van der Waals surface area contributed by atoms with E-state index in [1.165, 1.54) is 24.3 Å². The third-order valence-electron chi connectivity index (χ3n) is 4.03. The molecular weight excluding hydrogens is 416 g/mol. The second kappa shape index (κ2) is 9.21. The van der Waals surface area contributed by atoms with Gasteiger partial charge in [0.2, 0.25) is 15.9 Å². The zero-order valence-electron chi connectivity index (χ0n) is 15.6. The van der Waals surface area contributed by atoms with E-state index in [2.05, 4.69) is 9.71 Å². The number of nitrogens with zero attached hydrogens (tertiary/aromatic N) is 1. The van der Waals surface area contributed by atoms with E-state index in [9.17, 15) is 13.2 Å². The van der Waals surface area contributed by atoms with Crippen LogP contribution in [0.2, 0.25) is 5.02 Å². The molecule has 0 aliphatic carbocycles. The van der Waals surface area contributed by atoms with Gasteiger partial charge in [-0.25, -0.2) is 18.1 Å². The first-order valence-corrected chi connectivity index (χ1v) is 10.6. The number of ether oxygens (including phenoxy) is 1. The van der Waals surface area contributed by atoms with Crippen LogP contribution >= 0.6 is 11.6 Å². The summed E-state index contributed by atoms with van der Waals surface area (Å²) in [5.41, 5.74) is 1.34. The average molecular weight is 435 g/mol. The molecule has 0 fully saturated rings. The van der Waals surface area contributed by atoms with Crippen LogP contribution in [0, 0.1) is 6.92 Å². The van der Waals surface area contributed by atoms with Gasteiger partial charge < -0.3 is 9.15 Å². The number of carbonyl (C=O) groups excluding carboxylic acids is 1. The number of halogens is 1. The van der Waals surface area contributed by atoms with E-state index in [1.807, 2.05) is 30.3 Å². The molecule has 0 bridgehead atoms. The number of oxazole rings is 1. The van der Waals surface area contributed by atoms with Gasteiger partial charge in [-0.2, -0.15) is 0 Å². The fourth-order valence-electron chi connectivity index (χ4n) is 2.47.